The highest BCUT2D eigenvalue weighted by Gasteiger charge is 2.25. The molecule has 0 aliphatic rings. The zero-order chi connectivity index (χ0) is 16.2. The Morgan fingerprint density at radius 2 is 2.14 bits per heavy atom. The standard InChI is InChI=1S/C11H15FN2O6S/c1-7-3-9(4-10(11(7)12)14(16)17)21(18,19)13-8(5-15)6-20-2/h3-4,8,13,15H,5-6H2,1-2H3. The van der Waals surface area contributed by atoms with E-state index in [0.29, 0.717) is 6.07 Å². The number of nitro groups is 1. The van der Waals surface area contributed by atoms with Gasteiger partial charge in [-0.3, -0.25) is 10.1 Å². The van der Waals surface area contributed by atoms with Crippen molar-refractivity contribution < 1.29 is 27.6 Å². The van der Waals surface area contributed by atoms with Gasteiger partial charge in [-0.15, -0.1) is 0 Å². The van der Waals surface area contributed by atoms with Gasteiger partial charge in [-0.2, -0.15) is 4.39 Å². The van der Waals surface area contributed by atoms with Crippen LogP contribution < -0.4 is 4.72 Å². The molecule has 1 aromatic carbocycles. The lowest BCUT2D eigenvalue weighted by atomic mass is 10.2. The minimum Gasteiger partial charge on any atom is -0.395 e. The van der Waals surface area contributed by atoms with Gasteiger partial charge in [0.1, 0.15) is 0 Å². The summed E-state index contributed by atoms with van der Waals surface area (Å²) >= 11 is 0. The van der Waals surface area contributed by atoms with Crippen LogP contribution in [0.1, 0.15) is 5.56 Å². The number of aliphatic hydroxyl groups excluding tert-OH is 1. The van der Waals surface area contributed by atoms with Crippen molar-refractivity contribution in [2.24, 2.45) is 0 Å². The summed E-state index contributed by atoms with van der Waals surface area (Å²) in [6, 6.07) is 0.696. The second kappa shape index (κ2) is 6.89. The first kappa shape index (κ1) is 17.4. The molecule has 10 heteroatoms. The number of ether oxygens (including phenoxy) is 1. The smallest absolute Gasteiger partial charge is 0.306 e. The molecule has 8 nitrogen and oxygen atoms in total. The number of nitrogens with zero attached hydrogens (tertiary/aromatic N) is 1. The van der Waals surface area contributed by atoms with Gasteiger partial charge < -0.3 is 9.84 Å². The molecule has 0 amide bonds. The van der Waals surface area contributed by atoms with Crippen LogP contribution in [-0.4, -0.2) is 44.8 Å². The molecule has 0 radical (unpaired) electrons. The number of aliphatic hydroxyl groups is 1. The first-order valence-corrected chi connectivity index (χ1v) is 7.28. The van der Waals surface area contributed by atoms with E-state index in [9.17, 15) is 22.9 Å². The van der Waals surface area contributed by atoms with Gasteiger partial charge in [0.2, 0.25) is 15.8 Å². The van der Waals surface area contributed by atoms with Crippen LogP contribution in [-0.2, 0) is 14.8 Å². The van der Waals surface area contributed by atoms with Crippen molar-refractivity contribution in [2.45, 2.75) is 17.9 Å². The second-order valence-corrected chi connectivity index (χ2v) is 6.00. The largest absolute Gasteiger partial charge is 0.395 e. The minimum absolute atomic E-state index is 0.0853. The fourth-order valence-corrected chi connectivity index (χ4v) is 2.94. The van der Waals surface area contributed by atoms with Crippen molar-refractivity contribution in [1.29, 1.82) is 0 Å². The summed E-state index contributed by atoms with van der Waals surface area (Å²) in [5, 5.41) is 19.8. The molecular formula is C11H15FN2O6S. The summed E-state index contributed by atoms with van der Waals surface area (Å²) in [4.78, 5) is 9.27. The van der Waals surface area contributed by atoms with Crippen LogP contribution in [0.25, 0.3) is 0 Å². The first-order chi connectivity index (χ1) is 9.72. The summed E-state index contributed by atoms with van der Waals surface area (Å²) in [6.07, 6.45) is 0. The van der Waals surface area contributed by atoms with Gasteiger partial charge in [-0.1, -0.05) is 0 Å². The van der Waals surface area contributed by atoms with Crippen LogP contribution in [0.4, 0.5) is 10.1 Å². The fraction of sp³-hybridized carbons (Fsp3) is 0.455. The number of hydrogen-bond donors (Lipinski definition) is 2. The average Bonchev–Trinajstić information content (AvgIpc) is 2.40. The Hall–Kier alpha value is -1.62. The Morgan fingerprint density at radius 3 is 2.62 bits per heavy atom. The molecule has 0 aliphatic carbocycles. The third-order valence-electron chi connectivity index (χ3n) is 2.63. The number of nitrogens with one attached hydrogen (secondary N) is 1. The second-order valence-electron chi connectivity index (χ2n) is 4.29. The van der Waals surface area contributed by atoms with E-state index >= 15 is 0 Å². The molecule has 0 fully saturated rings. The molecule has 1 aromatic rings. The molecule has 0 heterocycles. The molecular weight excluding hydrogens is 307 g/mol. The molecule has 0 aliphatic heterocycles. The van der Waals surface area contributed by atoms with Crippen molar-refractivity contribution in [3.05, 3.63) is 33.6 Å². The summed E-state index contributed by atoms with van der Waals surface area (Å²) < 4.78 is 44.6. The monoisotopic (exact) mass is 322 g/mol. The number of aryl methyl sites for hydroxylation is 1. The average molecular weight is 322 g/mol. The number of hydrogen-bond acceptors (Lipinski definition) is 6. The SMILES string of the molecule is COCC(CO)NS(=O)(=O)c1cc(C)c(F)c([N+](=O)[O-])c1. The zero-order valence-corrected chi connectivity index (χ0v) is 12.2. The number of benzene rings is 1. The van der Waals surface area contributed by atoms with E-state index in [1.165, 1.54) is 14.0 Å². The number of nitro benzene ring substituents is 1. The van der Waals surface area contributed by atoms with Crippen LogP contribution >= 0.6 is 0 Å². The molecule has 0 saturated carbocycles. The third kappa shape index (κ3) is 4.17. The molecule has 1 unspecified atom stereocenters. The highest BCUT2D eigenvalue weighted by atomic mass is 32.2. The van der Waals surface area contributed by atoms with Crippen LogP contribution in [0, 0.1) is 22.9 Å². The van der Waals surface area contributed by atoms with E-state index in [2.05, 4.69) is 4.72 Å². The Bertz CT molecular complexity index is 634. The summed E-state index contributed by atoms with van der Waals surface area (Å²) in [6.45, 7) is 0.618. The predicted molar refractivity (Wildman–Crippen MR) is 70.9 cm³/mol. The lowest BCUT2D eigenvalue weighted by Gasteiger charge is -2.15. The van der Waals surface area contributed by atoms with Crippen molar-refractivity contribution >= 4 is 15.7 Å². The van der Waals surface area contributed by atoms with Gasteiger partial charge in [-0.05, 0) is 18.6 Å². The van der Waals surface area contributed by atoms with Crippen molar-refractivity contribution in [3.8, 4) is 0 Å². The Morgan fingerprint density at radius 1 is 1.52 bits per heavy atom. The van der Waals surface area contributed by atoms with E-state index in [1.807, 2.05) is 0 Å². The first-order valence-electron chi connectivity index (χ1n) is 5.79. The highest BCUT2D eigenvalue weighted by Crippen LogP contribution is 2.25. The van der Waals surface area contributed by atoms with E-state index in [1.54, 1.807) is 0 Å². The van der Waals surface area contributed by atoms with Gasteiger partial charge >= 0.3 is 5.69 Å². The Balaban J connectivity index is 3.23. The van der Waals surface area contributed by atoms with Crippen molar-refractivity contribution in [3.63, 3.8) is 0 Å². The number of methoxy groups -OCH3 is 1. The molecule has 0 spiro atoms. The summed E-state index contributed by atoms with van der Waals surface area (Å²) in [5.74, 6) is -1.09. The highest BCUT2D eigenvalue weighted by molar-refractivity contribution is 7.89. The van der Waals surface area contributed by atoms with Gasteiger partial charge in [0.05, 0.1) is 29.1 Å². The van der Waals surface area contributed by atoms with Crippen molar-refractivity contribution in [1.82, 2.24) is 4.72 Å². The van der Waals surface area contributed by atoms with Gasteiger partial charge in [-0.25, -0.2) is 13.1 Å². The van der Waals surface area contributed by atoms with Gasteiger partial charge in [0.15, 0.2) is 0 Å². The molecule has 2 N–H and O–H groups in total. The molecule has 21 heavy (non-hydrogen) atoms. The van der Waals surface area contributed by atoms with Crippen LogP contribution in [0.5, 0.6) is 0 Å². The van der Waals surface area contributed by atoms with Crippen LogP contribution in [0.3, 0.4) is 0 Å². The lowest BCUT2D eigenvalue weighted by molar-refractivity contribution is -0.387. The van der Waals surface area contributed by atoms with Gasteiger partial charge in [0, 0.05) is 13.2 Å². The summed E-state index contributed by atoms with van der Waals surface area (Å²) in [5.41, 5.74) is -1.10. The maximum absolute atomic E-state index is 13.6. The van der Waals surface area contributed by atoms with Crippen molar-refractivity contribution in [2.75, 3.05) is 20.3 Å². The molecule has 118 valence electrons. The molecule has 0 saturated heterocycles. The molecule has 1 atom stereocenters. The number of halogens is 1. The lowest BCUT2D eigenvalue weighted by Crippen LogP contribution is -2.40. The number of sulfonamides is 1. The van der Waals surface area contributed by atoms with Crippen LogP contribution in [0.2, 0.25) is 0 Å². The van der Waals surface area contributed by atoms with Gasteiger partial charge in [0.25, 0.3) is 0 Å². The Labute approximate surface area is 120 Å². The quantitative estimate of drug-likeness (QED) is 0.551. The van der Waals surface area contributed by atoms with E-state index in [0.717, 1.165) is 6.07 Å². The summed E-state index contributed by atoms with van der Waals surface area (Å²) in [7, 11) is -2.83. The number of rotatable bonds is 7. The van der Waals surface area contributed by atoms with Crippen LogP contribution in [0.15, 0.2) is 17.0 Å². The van der Waals surface area contributed by atoms with E-state index < -0.39 is 44.0 Å². The van der Waals surface area contributed by atoms with E-state index in [-0.39, 0.29) is 12.2 Å². The minimum atomic E-state index is -4.15. The maximum atomic E-state index is 13.6. The fourth-order valence-electron chi connectivity index (χ4n) is 1.62. The molecule has 0 aromatic heterocycles. The maximum Gasteiger partial charge on any atom is 0.306 e. The predicted octanol–water partition coefficient (Wildman–Crippen LogP) is 0.328. The normalized spacial score (nSPS) is 13.1. The molecule has 1 rings (SSSR count). The Kier molecular flexibility index (Phi) is 5.72. The zero-order valence-electron chi connectivity index (χ0n) is 11.4. The molecule has 0 bridgehead atoms. The topological polar surface area (TPSA) is 119 Å². The third-order valence-corrected chi connectivity index (χ3v) is 4.13. The van der Waals surface area contributed by atoms with E-state index in [4.69, 9.17) is 9.84 Å².